The minimum Gasteiger partial charge on any atom is -0.481 e. The fourth-order valence-corrected chi connectivity index (χ4v) is 2.94. The molecule has 142 valence electrons. The highest BCUT2D eigenvalue weighted by molar-refractivity contribution is 5.67. The Balaban J connectivity index is 3.71. The average molecular weight is 344 g/mol. The van der Waals surface area contributed by atoms with Crippen LogP contribution in [-0.2, 0) is 14.3 Å². The summed E-state index contributed by atoms with van der Waals surface area (Å²) in [6.45, 7) is 9.04. The molecule has 0 spiro atoms. The van der Waals surface area contributed by atoms with Crippen molar-refractivity contribution >= 4 is 12.4 Å². The third-order valence-electron chi connectivity index (χ3n) is 4.45. The number of unbranched alkanes of at least 4 members (excludes halogenated alkanes) is 2. The molecule has 0 aromatic rings. The molecule has 0 amide bonds. The zero-order chi connectivity index (χ0) is 18.6. The second-order valence-corrected chi connectivity index (χ2v) is 8.45. The van der Waals surface area contributed by atoms with Crippen LogP contribution < -0.4 is 0 Å². The van der Waals surface area contributed by atoms with Crippen molar-refractivity contribution in [1.82, 2.24) is 0 Å². The molecule has 0 aliphatic heterocycles. The molecular formula is C19H36O5. The molecule has 0 rings (SSSR count). The van der Waals surface area contributed by atoms with Crippen molar-refractivity contribution in [3.05, 3.63) is 0 Å². The van der Waals surface area contributed by atoms with Gasteiger partial charge in [0.15, 0.2) is 0 Å². The van der Waals surface area contributed by atoms with Gasteiger partial charge in [-0.2, -0.15) is 0 Å². The van der Waals surface area contributed by atoms with Crippen molar-refractivity contribution in [2.24, 2.45) is 10.8 Å². The van der Waals surface area contributed by atoms with Gasteiger partial charge in [-0.15, -0.1) is 0 Å². The lowest BCUT2D eigenvalue weighted by atomic mass is 9.83. The molecule has 0 radical (unpaired) electrons. The van der Waals surface area contributed by atoms with Crippen LogP contribution in [0.4, 0.5) is 0 Å². The molecule has 24 heavy (non-hydrogen) atoms. The zero-order valence-electron chi connectivity index (χ0n) is 15.8. The first kappa shape index (κ1) is 22.9. The topological polar surface area (TPSA) is 83.8 Å². The van der Waals surface area contributed by atoms with E-state index in [2.05, 4.69) is 13.8 Å². The Kier molecular flexibility index (Phi) is 10.9. The van der Waals surface area contributed by atoms with Crippen molar-refractivity contribution in [1.29, 1.82) is 0 Å². The molecule has 0 aliphatic rings. The quantitative estimate of drug-likeness (QED) is 0.344. The van der Waals surface area contributed by atoms with Crippen LogP contribution in [0.25, 0.3) is 0 Å². The van der Waals surface area contributed by atoms with Crippen LogP contribution in [-0.4, -0.2) is 35.4 Å². The zero-order valence-corrected chi connectivity index (χ0v) is 15.8. The summed E-state index contributed by atoms with van der Waals surface area (Å²) in [6.07, 6.45) is 7.20. The number of carboxylic acids is 1. The summed E-state index contributed by atoms with van der Waals surface area (Å²) in [6, 6.07) is 0. The van der Waals surface area contributed by atoms with Crippen LogP contribution in [0.1, 0.15) is 85.5 Å². The summed E-state index contributed by atoms with van der Waals surface area (Å²) in [5.41, 5.74) is -0.187. The molecule has 0 saturated carbocycles. The number of aliphatic hydroxyl groups is 1. The van der Waals surface area contributed by atoms with E-state index in [4.69, 9.17) is 9.84 Å². The molecule has 0 aromatic carbocycles. The van der Waals surface area contributed by atoms with E-state index in [1.165, 1.54) is 0 Å². The SMILES string of the molecule is CC(C)(CCCCC(O)CCCCC(C)(C)CC(=O)O)COC=O. The lowest BCUT2D eigenvalue weighted by Gasteiger charge is -2.23. The first-order valence-electron chi connectivity index (χ1n) is 9.03. The molecule has 1 unspecified atom stereocenters. The molecule has 5 heteroatoms. The van der Waals surface area contributed by atoms with E-state index in [1.807, 2.05) is 13.8 Å². The molecule has 0 fully saturated rings. The number of aliphatic hydroxyl groups excluding tert-OH is 1. The van der Waals surface area contributed by atoms with Crippen LogP contribution in [0.3, 0.4) is 0 Å². The van der Waals surface area contributed by atoms with E-state index < -0.39 is 5.97 Å². The number of carbonyl (C=O) groups excluding carboxylic acids is 1. The highest BCUT2D eigenvalue weighted by Crippen LogP contribution is 2.28. The average Bonchev–Trinajstić information content (AvgIpc) is 2.45. The standard InChI is InChI=1S/C19H36O5/c1-18(2,13-17(22)23)11-7-5-9-16(21)10-6-8-12-19(3,4)14-24-15-20/h15-16,21H,5-14H2,1-4H3,(H,22,23). The second-order valence-electron chi connectivity index (χ2n) is 8.45. The fourth-order valence-electron chi connectivity index (χ4n) is 2.94. The van der Waals surface area contributed by atoms with Crippen LogP contribution in [0.15, 0.2) is 0 Å². The van der Waals surface area contributed by atoms with E-state index >= 15 is 0 Å². The Morgan fingerprint density at radius 1 is 1.00 bits per heavy atom. The summed E-state index contributed by atoms with van der Waals surface area (Å²) < 4.78 is 4.83. The number of hydrogen-bond donors (Lipinski definition) is 2. The van der Waals surface area contributed by atoms with Gasteiger partial charge in [-0.25, -0.2) is 0 Å². The Bertz CT molecular complexity index is 363. The van der Waals surface area contributed by atoms with Crippen molar-refractivity contribution in [2.45, 2.75) is 91.6 Å². The third kappa shape index (κ3) is 13.3. The first-order valence-corrected chi connectivity index (χ1v) is 9.03. The molecule has 1 atom stereocenters. The number of hydrogen-bond acceptors (Lipinski definition) is 4. The van der Waals surface area contributed by atoms with Crippen LogP contribution in [0.5, 0.6) is 0 Å². The Labute approximate surface area is 146 Å². The number of rotatable bonds is 15. The van der Waals surface area contributed by atoms with Gasteiger partial charge >= 0.3 is 5.97 Å². The summed E-state index contributed by atoms with van der Waals surface area (Å²) in [5, 5.41) is 18.9. The number of ether oxygens (including phenoxy) is 1. The van der Waals surface area contributed by atoms with Crippen molar-refractivity contribution in [3.63, 3.8) is 0 Å². The molecular weight excluding hydrogens is 308 g/mol. The Hall–Kier alpha value is -1.10. The molecule has 5 nitrogen and oxygen atoms in total. The fraction of sp³-hybridized carbons (Fsp3) is 0.895. The van der Waals surface area contributed by atoms with Crippen molar-refractivity contribution in [2.75, 3.05) is 6.61 Å². The maximum absolute atomic E-state index is 10.8. The maximum Gasteiger partial charge on any atom is 0.303 e. The maximum atomic E-state index is 10.8. The molecule has 0 bridgehead atoms. The van der Waals surface area contributed by atoms with E-state index in [0.29, 0.717) is 13.1 Å². The van der Waals surface area contributed by atoms with Gasteiger partial charge in [0.25, 0.3) is 6.47 Å². The van der Waals surface area contributed by atoms with Gasteiger partial charge in [0.2, 0.25) is 0 Å². The largest absolute Gasteiger partial charge is 0.481 e. The van der Waals surface area contributed by atoms with Gasteiger partial charge in [-0.05, 0) is 36.5 Å². The molecule has 0 heterocycles. The monoisotopic (exact) mass is 344 g/mol. The molecule has 0 saturated heterocycles. The van der Waals surface area contributed by atoms with Gasteiger partial charge < -0.3 is 14.9 Å². The number of aliphatic carboxylic acids is 1. The van der Waals surface area contributed by atoms with E-state index in [-0.39, 0.29) is 23.4 Å². The van der Waals surface area contributed by atoms with E-state index in [9.17, 15) is 14.7 Å². The summed E-state index contributed by atoms with van der Waals surface area (Å²) in [5.74, 6) is -0.749. The predicted molar refractivity (Wildman–Crippen MR) is 94.8 cm³/mol. The minimum atomic E-state index is -0.749. The van der Waals surface area contributed by atoms with E-state index in [1.54, 1.807) is 0 Å². The Morgan fingerprint density at radius 3 is 1.96 bits per heavy atom. The third-order valence-corrected chi connectivity index (χ3v) is 4.45. The van der Waals surface area contributed by atoms with Crippen LogP contribution in [0, 0.1) is 10.8 Å². The van der Waals surface area contributed by atoms with Gasteiger partial charge in [-0.1, -0.05) is 53.4 Å². The van der Waals surface area contributed by atoms with Crippen LogP contribution in [0.2, 0.25) is 0 Å². The highest BCUT2D eigenvalue weighted by Gasteiger charge is 2.21. The number of carboxylic acid groups (broad SMARTS) is 1. The van der Waals surface area contributed by atoms with Crippen molar-refractivity contribution < 1.29 is 24.5 Å². The predicted octanol–water partition coefficient (Wildman–Crippen LogP) is 4.17. The van der Waals surface area contributed by atoms with Crippen molar-refractivity contribution in [3.8, 4) is 0 Å². The molecule has 2 N–H and O–H groups in total. The van der Waals surface area contributed by atoms with Crippen LogP contribution >= 0.6 is 0 Å². The van der Waals surface area contributed by atoms with E-state index in [0.717, 1.165) is 51.4 Å². The van der Waals surface area contributed by atoms with Gasteiger partial charge in [0.05, 0.1) is 19.1 Å². The van der Waals surface area contributed by atoms with Gasteiger partial charge in [0.1, 0.15) is 0 Å². The smallest absolute Gasteiger partial charge is 0.303 e. The summed E-state index contributed by atoms with van der Waals surface area (Å²) >= 11 is 0. The number of carbonyl (C=O) groups is 2. The summed E-state index contributed by atoms with van der Waals surface area (Å²) in [7, 11) is 0. The second kappa shape index (κ2) is 11.5. The lowest BCUT2D eigenvalue weighted by Crippen LogP contribution is -2.19. The van der Waals surface area contributed by atoms with Gasteiger partial charge in [-0.3, -0.25) is 9.59 Å². The molecule has 0 aliphatic carbocycles. The lowest BCUT2D eigenvalue weighted by molar-refractivity contribution is -0.139. The normalized spacial score (nSPS) is 13.5. The highest BCUT2D eigenvalue weighted by atomic mass is 16.5. The van der Waals surface area contributed by atoms with Gasteiger partial charge in [0, 0.05) is 0 Å². The first-order chi connectivity index (χ1) is 11.1. The Morgan fingerprint density at radius 2 is 1.50 bits per heavy atom. The molecule has 0 aromatic heterocycles. The minimum absolute atomic E-state index is 0.0123. The summed E-state index contributed by atoms with van der Waals surface area (Å²) in [4.78, 5) is 21.0.